The Morgan fingerprint density at radius 3 is 1.64 bits per heavy atom. The smallest absolute Gasteiger partial charge is 0.329 e. The Morgan fingerprint density at radius 1 is 0.778 bits per heavy atom. The Balaban J connectivity index is 2.01. The lowest BCUT2D eigenvalue weighted by Crippen LogP contribution is -2.36. The summed E-state index contributed by atoms with van der Waals surface area (Å²) in [6.07, 6.45) is 10.2. The van der Waals surface area contributed by atoms with Crippen molar-refractivity contribution < 1.29 is 38.4 Å². The van der Waals surface area contributed by atoms with E-state index in [2.05, 4.69) is 13.2 Å². The van der Waals surface area contributed by atoms with Crippen molar-refractivity contribution >= 4 is 53.4 Å². The van der Waals surface area contributed by atoms with Crippen molar-refractivity contribution in [3.05, 3.63) is 96.8 Å². The van der Waals surface area contributed by atoms with Gasteiger partial charge in [-0.3, -0.25) is 4.79 Å². The van der Waals surface area contributed by atoms with E-state index < -0.39 is 29.8 Å². The number of hydrogen-bond donors (Lipinski definition) is 3. The molecule has 0 bridgehead atoms. The minimum atomic E-state index is -0.808. The molecule has 0 aliphatic carbocycles. The predicted molar refractivity (Wildman–Crippen MR) is 182 cm³/mol. The number of aliphatic hydroxyl groups excluding tert-OH is 1. The topological polar surface area (TPSA) is 160 Å². The van der Waals surface area contributed by atoms with Gasteiger partial charge < -0.3 is 35.5 Å². The highest BCUT2D eigenvalue weighted by Gasteiger charge is 2.19. The van der Waals surface area contributed by atoms with Gasteiger partial charge in [0, 0.05) is 29.1 Å². The van der Waals surface area contributed by atoms with Crippen LogP contribution in [0.15, 0.2) is 85.7 Å². The SMILES string of the molecule is C=CCSCC(N)C(=O)Oc1ccc(/C=C/C(=O)C=C(O)/C=C/c2ccc(OC(=O)C(N)CSCC=C)c(OC)c2)cc1OC. The van der Waals surface area contributed by atoms with E-state index in [1.807, 2.05) is 0 Å². The van der Waals surface area contributed by atoms with Crippen LogP contribution in [0.2, 0.25) is 0 Å². The number of methoxy groups -OCH3 is 2. The van der Waals surface area contributed by atoms with Gasteiger partial charge in [-0.15, -0.1) is 13.2 Å². The maximum Gasteiger partial charge on any atom is 0.329 e. The van der Waals surface area contributed by atoms with Gasteiger partial charge in [-0.25, -0.2) is 9.59 Å². The highest BCUT2D eigenvalue weighted by atomic mass is 32.2. The lowest BCUT2D eigenvalue weighted by Gasteiger charge is -2.13. The lowest BCUT2D eigenvalue weighted by molar-refractivity contribution is -0.136. The molecule has 2 aromatic rings. The van der Waals surface area contributed by atoms with E-state index >= 15 is 0 Å². The molecule has 12 heteroatoms. The first-order valence-electron chi connectivity index (χ1n) is 13.6. The molecule has 2 aromatic carbocycles. The summed E-state index contributed by atoms with van der Waals surface area (Å²) in [6.45, 7) is 7.25. The maximum atomic E-state index is 12.4. The van der Waals surface area contributed by atoms with Gasteiger partial charge in [0.2, 0.25) is 0 Å². The van der Waals surface area contributed by atoms with Crippen molar-refractivity contribution in [1.82, 2.24) is 0 Å². The second kappa shape index (κ2) is 19.9. The van der Waals surface area contributed by atoms with Crippen LogP contribution < -0.4 is 30.4 Å². The molecule has 0 aliphatic rings. The minimum absolute atomic E-state index is 0.197. The molecule has 0 spiro atoms. The second-order valence-corrected chi connectivity index (χ2v) is 11.3. The van der Waals surface area contributed by atoms with E-state index in [0.717, 1.165) is 6.08 Å². The van der Waals surface area contributed by atoms with E-state index in [4.69, 9.17) is 30.4 Å². The van der Waals surface area contributed by atoms with Crippen molar-refractivity contribution in [2.24, 2.45) is 11.5 Å². The fourth-order valence-electron chi connectivity index (χ4n) is 3.41. The van der Waals surface area contributed by atoms with E-state index in [-0.39, 0.29) is 23.0 Å². The number of nitrogens with two attached hydrogens (primary N) is 2. The van der Waals surface area contributed by atoms with Gasteiger partial charge in [0.15, 0.2) is 28.8 Å². The summed E-state index contributed by atoms with van der Waals surface area (Å²) in [6, 6.07) is 7.97. The van der Waals surface area contributed by atoms with Crippen LogP contribution >= 0.6 is 23.5 Å². The molecular weight excluding hydrogens is 617 g/mol. The van der Waals surface area contributed by atoms with Crippen LogP contribution in [0.3, 0.4) is 0 Å². The predicted octanol–water partition coefficient (Wildman–Crippen LogP) is 4.75. The number of aliphatic hydroxyl groups is 1. The summed E-state index contributed by atoms with van der Waals surface area (Å²) in [5.74, 6) is 1.14. The molecule has 0 fully saturated rings. The van der Waals surface area contributed by atoms with Gasteiger partial charge >= 0.3 is 11.9 Å². The fourth-order valence-corrected chi connectivity index (χ4v) is 4.79. The number of rotatable bonds is 19. The van der Waals surface area contributed by atoms with Crippen molar-refractivity contribution in [1.29, 1.82) is 0 Å². The molecule has 2 rings (SSSR count). The number of thioether (sulfide) groups is 2. The fraction of sp³-hybridized carbons (Fsp3) is 0.242. The number of hydrogen-bond acceptors (Lipinski definition) is 12. The number of benzene rings is 2. The molecule has 0 saturated carbocycles. The quantitative estimate of drug-likeness (QED) is 0.0364. The molecule has 2 atom stereocenters. The van der Waals surface area contributed by atoms with Crippen LogP contribution in [0.5, 0.6) is 23.0 Å². The highest BCUT2D eigenvalue weighted by molar-refractivity contribution is 7.99. The zero-order chi connectivity index (χ0) is 33.2. The average Bonchev–Trinajstić information content (AvgIpc) is 3.03. The molecule has 45 heavy (non-hydrogen) atoms. The first-order valence-corrected chi connectivity index (χ1v) is 15.9. The maximum absolute atomic E-state index is 12.4. The third-order valence-electron chi connectivity index (χ3n) is 5.64. The molecule has 0 radical (unpaired) electrons. The van der Waals surface area contributed by atoms with Crippen LogP contribution in [-0.4, -0.2) is 72.1 Å². The molecular formula is C33H38N2O8S2. The monoisotopic (exact) mass is 654 g/mol. The third kappa shape index (κ3) is 13.1. The largest absolute Gasteiger partial charge is 0.508 e. The zero-order valence-electron chi connectivity index (χ0n) is 25.2. The molecule has 0 aliphatic heterocycles. The minimum Gasteiger partial charge on any atom is -0.508 e. The van der Waals surface area contributed by atoms with Gasteiger partial charge in [-0.2, -0.15) is 23.5 Å². The molecule has 0 amide bonds. The molecule has 5 N–H and O–H groups in total. The van der Waals surface area contributed by atoms with Crippen LogP contribution in [0, 0.1) is 0 Å². The Bertz CT molecular complexity index is 1440. The van der Waals surface area contributed by atoms with Crippen LogP contribution in [0.1, 0.15) is 11.1 Å². The second-order valence-electron chi connectivity index (χ2n) is 9.17. The lowest BCUT2D eigenvalue weighted by atomic mass is 10.1. The Kier molecular flexibility index (Phi) is 16.4. The molecule has 0 saturated heterocycles. The van der Waals surface area contributed by atoms with Crippen molar-refractivity contribution in [2.45, 2.75) is 12.1 Å². The van der Waals surface area contributed by atoms with Crippen LogP contribution in [-0.2, 0) is 14.4 Å². The molecule has 240 valence electrons. The normalized spacial score (nSPS) is 12.8. The zero-order valence-corrected chi connectivity index (χ0v) is 26.8. The number of esters is 2. The van der Waals surface area contributed by atoms with E-state index in [1.54, 1.807) is 54.6 Å². The number of allylic oxidation sites excluding steroid dienone is 3. The molecule has 10 nitrogen and oxygen atoms in total. The number of ether oxygens (including phenoxy) is 4. The summed E-state index contributed by atoms with van der Waals surface area (Å²) in [5, 5.41) is 10.3. The number of ketones is 1. The summed E-state index contributed by atoms with van der Waals surface area (Å²) >= 11 is 2.93. The highest BCUT2D eigenvalue weighted by Crippen LogP contribution is 2.30. The Labute approximate surface area is 271 Å². The van der Waals surface area contributed by atoms with Crippen LogP contribution in [0.25, 0.3) is 12.2 Å². The summed E-state index contributed by atoms with van der Waals surface area (Å²) in [5.41, 5.74) is 13.0. The van der Waals surface area contributed by atoms with E-state index in [1.165, 1.54) is 56.0 Å². The van der Waals surface area contributed by atoms with Gasteiger partial charge in [0.1, 0.15) is 17.8 Å². The first-order chi connectivity index (χ1) is 21.6. The third-order valence-corrected chi connectivity index (χ3v) is 7.78. The van der Waals surface area contributed by atoms with E-state index in [0.29, 0.717) is 39.9 Å². The average molecular weight is 655 g/mol. The molecule has 0 aromatic heterocycles. The summed E-state index contributed by atoms with van der Waals surface area (Å²) < 4.78 is 21.4. The van der Waals surface area contributed by atoms with Crippen molar-refractivity contribution in [2.75, 3.05) is 37.2 Å². The van der Waals surface area contributed by atoms with Crippen LogP contribution in [0.4, 0.5) is 0 Å². The van der Waals surface area contributed by atoms with Gasteiger partial charge in [-0.05, 0) is 47.5 Å². The molecule has 2 unspecified atom stereocenters. The standard InChI is InChI=1S/C33H38N2O8S2/c1-5-15-44-20-26(34)32(38)42-28-13-9-22(17-30(28)40-3)7-11-24(36)19-25(37)12-8-23-10-14-29(31(18-23)41-4)43-33(39)27(35)21-45-16-6-2/h5-14,17-19,26-27,36H,1-2,15-16,20-21,34-35H2,3-4H3/b11-7+,12-8+,24-19?. The van der Waals surface area contributed by atoms with Gasteiger partial charge in [0.25, 0.3) is 0 Å². The first kappa shape index (κ1) is 37.0. The number of carbonyl (C=O) groups is 3. The van der Waals surface area contributed by atoms with Crippen molar-refractivity contribution in [3.8, 4) is 23.0 Å². The Morgan fingerprint density at radius 2 is 1.22 bits per heavy atom. The molecule has 0 heterocycles. The summed E-state index contributed by atoms with van der Waals surface area (Å²) in [4.78, 5) is 37.0. The number of carbonyl (C=O) groups excluding carboxylic acids is 3. The van der Waals surface area contributed by atoms with E-state index in [9.17, 15) is 19.5 Å². The van der Waals surface area contributed by atoms with Crippen molar-refractivity contribution in [3.63, 3.8) is 0 Å². The van der Waals surface area contributed by atoms with Gasteiger partial charge in [-0.1, -0.05) is 36.4 Å². The van der Waals surface area contributed by atoms with Gasteiger partial charge in [0.05, 0.1) is 14.2 Å². The summed E-state index contributed by atoms with van der Waals surface area (Å²) in [7, 11) is 2.86. The Hall–Kier alpha value is -4.23.